The van der Waals surface area contributed by atoms with E-state index in [0.29, 0.717) is 12.5 Å². The molecule has 1 aliphatic carbocycles. The van der Waals surface area contributed by atoms with E-state index in [9.17, 15) is 4.79 Å². The molecule has 0 spiro atoms. The van der Waals surface area contributed by atoms with Gasteiger partial charge in [0, 0.05) is 18.5 Å². The van der Waals surface area contributed by atoms with Crippen LogP contribution in [0.5, 0.6) is 0 Å². The first-order chi connectivity index (χ1) is 10.3. The second kappa shape index (κ2) is 5.07. The van der Waals surface area contributed by atoms with E-state index in [0.717, 1.165) is 49.6 Å². The Labute approximate surface area is 121 Å². The monoisotopic (exact) mass is 286 g/mol. The van der Waals surface area contributed by atoms with E-state index in [-0.39, 0.29) is 11.6 Å². The Balaban J connectivity index is 1.56. The van der Waals surface area contributed by atoms with Crippen molar-refractivity contribution >= 4 is 0 Å². The molecule has 1 aliphatic heterocycles. The van der Waals surface area contributed by atoms with Crippen LogP contribution in [0.25, 0.3) is 0 Å². The highest BCUT2D eigenvalue weighted by molar-refractivity contribution is 5.11. The number of aromatic amines is 2. The van der Waals surface area contributed by atoms with Gasteiger partial charge in [-0.05, 0) is 32.2 Å². The minimum absolute atomic E-state index is 0.0442. The van der Waals surface area contributed by atoms with Gasteiger partial charge in [0.15, 0.2) is 0 Å². The van der Waals surface area contributed by atoms with Crippen LogP contribution in [0.1, 0.15) is 55.0 Å². The Morgan fingerprint density at radius 2 is 2.19 bits per heavy atom. The Morgan fingerprint density at radius 3 is 2.95 bits per heavy atom. The number of nitrogens with one attached hydrogen (secondary N) is 2. The first-order valence-electron chi connectivity index (χ1n) is 7.49. The molecule has 1 saturated heterocycles. The van der Waals surface area contributed by atoms with E-state index in [2.05, 4.69) is 30.0 Å². The third-order valence-electron chi connectivity index (χ3n) is 4.26. The van der Waals surface area contributed by atoms with Gasteiger partial charge in [-0.2, -0.15) is 5.10 Å². The van der Waals surface area contributed by atoms with Crippen LogP contribution in [0.15, 0.2) is 17.2 Å². The molecule has 3 heterocycles. The van der Waals surface area contributed by atoms with E-state index < -0.39 is 0 Å². The lowest BCUT2D eigenvalue weighted by Gasteiger charge is -2.22. The van der Waals surface area contributed by atoms with Crippen molar-refractivity contribution in [1.29, 1.82) is 0 Å². The molecule has 2 aromatic heterocycles. The van der Waals surface area contributed by atoms with Crippen LogP contribution in [0.3, 0.4) is 0 Å². The average molecular weight is 286 g/mol. The maximum Gasteiger partial charge on any atom is 0.251 e. The fourth-order valence-electron chi connectivity index (χ4n) is 3.07. The van der Waals surface area contributed by atoms with Gasteiger partial charge in [-0.25, -0.2) is 9.97 Å². The Hall–Kier alpha value is -2.02. The molecule has 4 rings (SSSR count). The Morgan fingerprint density at radius 1 is 1.29 bits per heavy atom. The van der Waals surface area contributed by atoms with Gasteiger partial charge in [0.2, 0.25) is 0 Å². The number of hydrogen-bond donors (Lipinski definition) is 2. The van der Waals surface area contributed by atoms with Gasteiger partial charge in [-0.15, -0.1) is 0 Å². The highest BCUT2D eigenvalue weighted by Gasteiger charge is 2.30. The van der Waals surface area contributed by atoms with Crippen LogP contribution in [-0.4, -0.2) is 36.6 Å². The van der Waals surface area contributed by atoms with Crippen LogP contribution in [0.4, 0.5) is 0 Å². The van der Waals surface area contributed by atoms with E-state index in [1.165, 1.54) is 0 Å². The summed E-state index contributed by atoms with van der Waals surface area (Å²) in [5.74, 6) is 2.22. The van der Waals surface area contributed by atoms with Crippen molar-refractivity contribution in [3.63, 3.8) is 0 Å². The van der Waals surface area contributed by atoms with Crippen LogP contribution >= 0.6 is 0 Å². The highest BCUT2D eigenvalue weighted by atomic mass is 16.1. The van der Waals surface area contributed by atoms with Crippen molar-refractivity contribution in [1.82, 2.24) is 30.0 Å². The van der Waals surface area contributed by atoms with Crippen molar-refractivity contribution in [2.24, 2.45) is 0 Å². The number of rotatable bonds is 4. The zero-order chi connectivity index (χ0) is 14.2. The molecule has 2 N–H and O–H groups in total. The van der Waals surface area contributed by atoms with Crippen molar-refractivity contribution in [3.05, 3.63) is 40.1 Å². The molecule has 0 bridgehead atoms. The van der Waals surface area contributed by atoms with Gasteiger partial charge >= 0.3 is 0 Å². The number of H-pyrrole nitrogens is 2. The van der Waals surface area contributed by atoms with Gasteiger partial charge in [0.25, 0.3) is 5.56 Å². The summed E-state index contributed by atoms with van der Waals surface area (Å²) in [5.41, 5.74) is 0.810. The molecule has 2 aromatic rings. The second-order valence-corrected chi connectivity index (χ2v) is 5.90. The van der Waals surface area contributed by atoms with Gasteiger partial charge in [0.1, 0.15) is 18.0 Å². The summed E-state index contributed by atoms with van der Waals surface area (Å²) in [6, 6.07) is 1.86. The Kier molecular flexibility index (Phi) is 3.07. The molecule has 1 atom stereocenters. The van der Waals surface area contributed by atoms with Crippen molar-refractivity contribution in [2.75, 3.05) is 6.54 Å². The molecule has 110 valence electrons. The van der Waals surface area contributed by atoms with E-state index in [1.807, 2.05) is 0 Å². The minimum Gasteiger partial charge on any atom is -0.310 e. The molecule has 0 amide bonds. The normalized spacial score (nSPS) is 22.8. The maximum atomic E-state index is 11.8. The fourth-order valence-corrected chi connectivity index (χ4v) is 3.07. The standard InChI is InChI=1S/C14H18N6O/c21-12-6-10(17-13(18-12)9-3-4-9)7-20-5-1-2-11(20)14-15-8-16-19-14/h6,8-9,11H,1-5,7H2,(H,15,16,19)(H,17,18,21)/t11-/m0/s1. The lowest BCUT2D eigenvalue weighted by atomic mass is 10.2. The predicted molar refractivity (Wildman–Crippen MR) is 75.6 cm³/mol. The topological polar surface area (TPSA) is 90.6 Å². The van der Waals surface area contributed by atoms with Crippen LogP contribution in [-0.2, 0) is 6.54 Å². The average Bonchev–Trinajstić information content (AvgIpc) is 2.98. The maximum absolute atomic E-state index is 11.8. The number of likely N-dealkylation sites (tertiary alicyclic amines) is 1. The predicted octanol–water partition coefficient (Wildman–Crippen LogP) is 1.10. The minimum atomic E-state index is -0.0442. The first-order valence-corrected chi connectivity index (χ1v) is 7.49. The summed E-state index contributed by atoms with van der Waals surface area (Å²) in [6.07, 6.45) is 6.01. The molecule has 7 heteroatoms. The number of nitrogens with zero attached hydrogens (tertiary/aromatic N) is 4. The summed E-state index contributed by atoms with van der Waals surface area (Å²) in [4.78, 5) is 25.9. The molecule has 0 radical (unpaired) electrons. The van der Waals surface area contributed by atoms with E-state index in [4.69, 9.17) is 0 Å². The lowest BCUT2D eigenvalue weighted by molar-refractivity contribution is 0.237. The molecule has 2 fully saturated rings. The lowest BCUT2D eigenvalue weighted by Crippen LogP contribution is -2.25. The molecular weight excluding hydrogens is 268 g/mol. The fraction of sp³-hybridized carbons (Fsp3) is 0.571. The quantitative estimate of drug-likeness (QED) is 0.878. The molecule has 1 saturated carbocycles. The summed E-state index contributed by atoms with van der Waals surface area (Å²) in [5, 5.41) is 6.89. The van der Waals surface area contributed by atoms with Gasteiger partial charge < -0.3 is 4.98 Å². The third kappa shape index (κ3) is 2.61. The zero-order valence-electron chi connectivity index (χ0n) is 11.7. The van der Waals surface area contributed by atoms with Gasteiger partial charge in [-0.3, -0.25) is 14.8 Å². The van der Waals surface area contributed by atoms with Crippen LogP contribution in [0.2, 0.25) is 0 Å². The zero-order valence-corrected chi connectivity index (χ0v) is 11.7. The van der Waals surface area contributed by atoms with Crippen molar-refractivity contribution < 1.29 is 0 Å². The molecule has 0 unspecified atom stereocenters. The number of aromatic nitrogens is 5. The van der Waals surface area contributed by atoms with Crippen LogP contribution in [0, 0.1) is 0 Å². The summed E-state index contributed by atoms with van der Waals surface area (Å²) in [6.45, 7) is 1.69. The van der Waals surface area contributed by atoms with Crippen LogP contribution < -0.4 is 5.56 Å². The van der Waals surface area contributed by atoms with E-state index in [1.54, 1.807) is 12.4 Å². The van der Waals surface area contributed by atoms with Crippen molar-refractivity contribution in [2.45, 2.75) is 44.2 Å². The second-order valence-electron chi connectivity index (χ2n) is 5.90. The molecule has 7 nitrogen and oxygen atoms in total. The highest BCUT2D eigenvalue weighted by Crippen LogP contribution is 2.37. The first kappa shape index (κ1) is 12.7. The van der Waals surface area contributed by atoms with Gasteiger partial charge in [0.05, 0.1) is 11.7 Å². The number of hydrogen-bond acceptors (Lipinski definition) is 5. The third-order valence-corrected chi connectivity index (χ3v) is 4.26. The summed E-state index contributed by atoms with van der Waals surface area (Å²) < 4.78 is 0. The van der Waals surface area contributed by atoms with E-state index >= 15 is 0 Å². The molecule has 2 aliphatic rings. The summed E-state index contributed by atoms with van der Waals surface area (Å²) in [7, 11) is 0. The smallest absolute Gasteiger partial charge is 0.251 e. The van der Waals surface area contributed by atoms with Gasteiger partial charge in [-0.1, -0.05) is 0 Å². The Bertz CT molecular complexity index is 675. The SMILES string of the molecule is O=c1cc(CN2CCC[C@H]2c2ncn[nH]2)nc(C2CC2)[nH]1. The largest absolute Gasteiger partial charge is 0.310 e. The summed E-state index contributed by atoms with van der Waals surface area (Å²) >= 11 is 0. The molecular formula is C14H18N6O. The molecule has 0 aromatic carbocycles. The molecule has 21 heavy (non-hydrogen) atoms. The van der Waals surface area contributed by atoms with Crippen molar-refractivity contribution in [3.8, 4) is 0 Å².